The Bertz CT molecular complexity index is 654. The number of rotatable bonds is 5. The molecule has 0 spiro atoms. The van der Waals surface area contributed by atoms with Gasteiger partial charge in [0, 0.05) is 51.5 Å². The molecule has 0 bridgehead atoms. The van der Waals surface area contributed by atoms with Gasteiger partial charge in [-0.25, -0.2) is 0 Å². The Kier molecular flexibility index (Phi) is 6.21. The van der Waals surface area contributed by atoms with Crippen LogP contribution in [0.3, 0.4) is 0 Å². The summed E-state index contributed by atoms with van der Waals surface area (Å²) in [6, 6.07) is 6.78. The molecule has 2 amide bonds. The van der Waals surface area contributed by atoms with Gasteiger partial charge in [0.25, 0.3) is 0 Å². The van der Waals surface area contributed by atoms with Crippen LogP contribution in [-0.2, 0) is 9.59 Å². The predicted molar refractivity (Wildman–Crippen MR) is 105 cm³/mol. The first-order chi connectivity index (χ1) is 12.9. The van der Waals surface area contributed by atoms with Gasteiger partial charge in [-0.3, -0.25) is 14.5 Å². The maximum atomic E-state index is 12.8. The molecule has 7 heteroatoms. The second-order valence-electron chi connectivity index (χ2n) is 7.78. The summed E-state index contributed by atoms with van der Waals surface area (Å²) < 4.78 is 0. The first-order valence-corrected chi connectivity index (χ1v) is 9.77. The second kappa shape index (κ2) is 8.61. The van der Waals surface area contributed by atoms with Crippen molar-refractivity contribution < 1.29 is 14.7 Å². The van der Waals surface area contributed by atoms with Crippen LogP contribution in [0.5, 0.6) is 5.75 Å². The number of nitrogens with zero attached hydrogens (tertiary/aromatic N) is 3. The van der Waals surface area contributed by atoms with Gasteiger partial charge >= 0.3 is 0 Å². The minimum Gasteiger partial charge on any atom is -0.508 e. The Morgan fingerprint density at radius 3 is 2.44 bits per heavy atom. The van der Waals surface area contributed by atoms with E-state index in [1.165, 1.54) is 0 Å². The third kappa shape index (κ3) is 4.91. The maximum absolute atomic E-state index is 12.8. The van der Waals surface area contributed by atoms with E-state index >= 15 is 0 Å². The Morgan fingerprint density at radius 2 is 1.81 bits per heavy atom. The van der Waals surface area contributed by atoms with E-state index in [-0.39, 0.29) is 30.0 Å². The van der Waals surface area contributed by atoms with Gasteiger partial charge in [0.1, 0.15) is 5.75 Å². The third-order valence-electron chi connectivity index (χ3n) is 5.26. The van der Waals surface area contributed by atoms with Crippen LogP contribution in [0, 0.1) is 5.92 Å². The molecule has 0 saturated carbocycles. The van der Waals surface area contributed by atoms with Crippen molar-refractivity contribution in [2.24, 2.45) is 5.92 Å². The van der Waals surface area contributed by atoms with E-state index in [0.29, 0.717) is 25.6 Å². The summed E-state index contributed by atoms with van der Waals surface area (Å²) in [6.07, 6.45) is 0.248. The molecule has 2 heterocycles. The Morgan fingerprint density at radius 1 is 1.15 bits per heavy atom. The molecule has 1 aromatic rings. The molecule has 3 rings (SSSR count). The molecule has 7 nitrogen and oxygen atoms in total. The highest BCUT2D eigenvalue weighted by Gasteiger charge is 2.33. The SMILES string of the molecule is CC(C)CN1CCNC(=O)C1CC(=O)N1CCN(c2ccc(O)cc2)CC1. The molecule has 1 aromatic carbocycles. The second-order valence-corrected chi connectivity index (χ2v) is 7.78. The zero-order valence-corrected chi connectivity index (χ0v) is 16.2. The van der Waals surface area contributed by atoms with E-state index in [9.17, 15) is 14.7 Å². The quantitative estimate of drug-likeness (QED) is 0.801. The third-order valence-corrected chi connectivity index (χ3v) is 5.26. The fraction of sp³-hybridized carbons (Fsp3) is 0.600. The number of hydrogen-bond donors (Lipinski definition) is 2. The fourth-order valence-electron chi connectivity index (χ4n) is 3.84. The number of piperazine rings is 2. The molecule has 27 heavy (non-hydrogen) atoms. The van der Waals surface area contributed by atoms with Gasteiger partial charge < -0.3 is 20.2 Å². The average Bonchev–Trinajstić information content (AvgIpc) is 2.65. The smallest absolute Gasteiger partial charge is 0.237 e. The number of hydrogen-bond acceptors (Lipinski definition) is 5. The molecule has 1 atom stereocenters. The van der Waals surface area contributed by atoms with Crippen LogP contribution in [0.25, 0.3) is 0 Å². The summed E-state index contributed by atoms with van der Waals surface area (Å²) in [4.78, 5) is 31.3. The first kappa shape index (κ1) is 19.5. The number of phenols is 1. The van der Waals surface area contributed by atoms with Crippen LogP contribution in [0.2, 0.25) is 0 Å². The van der Waals surface area contributed by atoms with Crippen LogP contribution in [0.15, 0.2) is 24.3 Å². The number of benzene rings is 1. The van der Waals surface area contributed by atoms with E-state index in [4.69, 9.17) is 0 Å². The van der Waals surface area contributed by atoms with Crippen molar-refractivity contribution in [3.63, 3.8) is 0 Å². The van der Waals surface area contributed by atoms with Crippen LogP contribution in [0.4, 0.5) is 5.69 Å². The van der Waals surface area contributed by atoms with E-state index < -0.39 is 0 Å². The number of phenolic OH excluding ortho intramolecular Hbond substituents is 1. The number of aromatic hydroxyl groups is 1. The van der Waals surface area contributed by atoms with Crippen LogP contribution >= 0.6 is 0 Å². The first-order valence-electron chi connectivity index (χ1n) is 9.77. The summed E-state index contributed by atoms with van der Waals surface area (Å²) >= 11 is 0. The molecule has 2 saturated heterocycles. The molecule has 2 fully saturated rings. The average molecular weight is 374 g/mol. The molecule has 1 unspecified atom stereocenters. The van der Waals surface area contributed by atoms with Crippen LogP contribution in [-0.4, -0.2) is 78.6 Å². The highest BCUT2D eigenvalue weighted by atomic mass is 16.3. The van der Waals surface area contributed by atoms with Crippen molar-refractivity contribution in [2.75, 3.05) is 50.7 Å². The number of amides is 2. The summed E-state index contributed by atoms with van der Waals surface area (Å²) in [6.45, 7) is 9.36. The lowest BCUT2D eigenvalue weighted by molar-refractivity contribution is -0.139. The van der Waals surface area contributed by atoms with Gasteiger partial charge in [-0.1, -0.05) is 13.8 Å². The summed E-state index contributed by atoms with van der Waals surface area (Å²) in [5, 5.41) is 12.3. The summed E-state index contributed by atoms with van der Waals surface area (Å²) in [5.74, 6) is 0.737. The van der Waals surface area contributed by atoms with Gasteiger partial charge in [-0.2, -0.15) is 0 Å². The monoisotopic (exact) mass is 374 g/mol. The normalized spacial score (nSPS) is 21.4. The lowest BCUT2D eigenvalue weighted by atomic mass is 10.0. The molecule has 2 aliphatic heterocycles. The molecule has 0 radical (unpaired) electrons. The van der Waals surface area contributed by atoms with Crippen molar-refractivity contribution in [1.82, 2.24) is 15.1 Å². The molecule has 0 aromatic heterocycles. The molecule has 148 valence electrons. The van der Waals surface area contributed by atoms with E-state index in [1.807, 2.05) is 17.0 Å². The maximum Gasteiger partial charge on any atom is 0.237 e. The van der Waals surface area contributed by atoms with Crippen molar-refractivity contribution in [2.45, 2.75) is 26.3 Å². The van der Waals surface area contributed by atoms with Crippen molar-refractivity contribution in [3.05, 3.63) is 24.3 Å². The number of carbonyl (C=O) groups excluding carboxylic acids is 2. The van der Waals surface area contributed by atoms with Gasteiger partial charge in [0.05, 0.1) is 12.5 Å². The van der Waals surface area contributed by atoms with Crippen molar-refractivity contribution >= 4 is 17.5 Å². The zero-order valence-electron chi connectivity index (χ0n) is 16.2. The fourth-order valence-corrected chi connectivity index (χ4v) is 3.84. The molecular formula is C20H30N4O3. The lowest BCUT2D eigenvalue weighted by Gasteiger charge is -2.39. The summed E-state index contributed by atoms with van der Waals surface area (Å²) in [5.41, 5.74) is 1.05. The lowest BCUT2D eigenvalue weighted by Crippen LogP contribution is -2.58. The van der Waals surface area contributed by atoms with Gasteiger partial charge in [-0.05, 0) is 30.2 Å². The van der Waals surface area contributed by atoms with E-state index in [1.54, 1.807) is 12.1 Å². The Labute approximate surface area is 160 Å². The highest BCUT2D eigenvalue weighted by Crippen LogP contribution is 2.20. The minimum absolute atomic E-state index is 0.0296. The Hall–Kier alpha value is -2.28. The topological polar surface area (TPSA) is 76.1 Å². The number of carbonyl (C=O) groups is 2. The standard InChI is InChI=1S/C20H30N4O3/c1-15(2)14-24-8-7-21-20(27)18(24)13-19(26)23-11-9-22(10-12-23)16-3-5-17(25)6-4-16/h3-6,15,18,25H,7-14H2,1-2H3,(H,21,27). The number of nitrogens with one attached hydrogen (secondary N) is 1. The van der Waals surface area contributed by atoms with Gasteiger partial charge in [0.2, 0.25) is 11.8 Å². The van der Waals surface area contributed by atoms with E-state index in [2.05, 4.69) is 29.0 Å². The highest BCUT2D eigenvalue weighted by molar-refractivity contribution is 5.89. The molecule has 2 N–H and O–H groups in total. The predicted octanol–water partition coefficient (Wildman–Crippen LogP) is 0.887. The van der Waals surface area contributed by atoms with Gasteiger partial charge in [-0.15, -0.1) is 0 Å². The molecule has 2 aliphatic rings. The van der Waals surface area contributed by atoms with Gasteiger partial charge in [0.15, 0.2) is 0 Å². The van der Waals surface area contributed by atoms with Crippen LogP contribution in [0.1, 0.15) is 20.3 Å². The minimum atomic E-state index is -0.358. The zero-order chi connectivity index (χ0) is 19.4. The number of anilines is 1. The van der Waals surface area contributed by atoms with Crippen molar-refractivity contribution in [3.8, 4) is 5.75 Å². The van der Waals surface area contributed by atoms with E-state index in [0.717, 1.165) is 31.9 Å². The molecular weight excluding hydrogens is 344 g/mol. The van der Waals surface area contributed by atoms with Crippen LogP contribution < -0.4 is 10.2 Å². The summed E-state index contributed by atoms with van der Waals surface area (Å²) in [7, 11) is 0. The van der Waals surface area contributed by atoms with Crippen molar-refractivity contribution in [1.29, 1.82) is 0 Å². The Balaban J connectivity index is 1.55. The molecule has 0 aliphatic carbocycles. The largest absolute Gasteiger partial charge is 0.508 e.